The van der Waals surface area contributed by atoms with Crippen LogP contribution in [0.4, 0.5) is 0 Å². The molecule has 1 fully saturated rings. The molecule has 1 aliphatic carbocycles. The van der Waals surface area contributed by atoms with E-state index >= 15 is 0 Å². The Balaban J connectivity index is 1.52. The molecule has 6 heteroatoms. The van der Waals surface area contributed by atoms with Crippen LogP contribution in [0.1, 0.15) is 61.2 Å². The predicted octanol–water partition coefficient (Wildman–Crippen LogP) is 6.97. The van der Waals surface area contributed by atoms with Crippen LogP contribution in [0.2, 0.25) is 0 Å². The van der Waals surface area contributed by atoms with E-state index < -0.39 is 17.7 Å². The van der Waals surface area contributed by atoms with Crippen LogP contribution in [-0.4, -0.2) is 40.5 Å². The Bertz CT molecular complexity index is 1630. The Kier molecular flexibility index (Phi) is 7.12. The van der Waals surface area contributed by atoms with Crippen molar-refractivity contribution >= 4 is 28.7 Å². The standard InChI is InChI=1S/C35H36N2O4/c1-21-20-27-25(13-12-24(37-27)11-10-22-8-6-5-7-9-22)31(29(21)33(34(38)39)41-35(2,3)4)26-14-15-28-30-23(17-19-40-28)16-18-36-32(26)30/h5-9,12-16,18,20,30,32-33H,10-11,17,19H2,1-4H3,(H,38,39)/t30?,32?,33-/m0/s1. The van der Waals surface area contributed by atoms with Gasteiger partial charge in [-0.2, -0.15) is 0 Å². The summed E-state index contributed by atoms with van der Waals surface area (Å²) in [5, 5.41) is 11.4. The number of aliphatic imine (C=N–C) groups is 1. The van der Waals surface area contributed by atoms with Crippen LogP contribution in [0.3, 0.4) is 0 Å². The van der Waals surface area contributed by atoms with Crippen LogP contribution in [0.5, 0.6) is 0 Å². The number of allylic oxidation sites excluding steroid dienone is 3. The number of pyridine rings is 1. The topological polar surface area (TPSA) is 81.0 Å². The summed E-state index contributed by atoms with van der Waals surface area (Å²) in [5.74, 6) is -0.0758. The quantitative estimate of drug-likeness (QED) is 0.345. The molecule has 0 spiro atoms. The van der Waals surface area contributed by atoms with Gasteiger partial charge in [0.05, 0.1) is 29.7 Å². The Morgan fingerprint density at radius 1 is 1.10 bits per heavy atom. The van der Waals surface area contributed by atoms with Crippen LogP contribution in [-0.2, 0) is 27.1 Å². The number of rotatable bonds is 7. The molecule has 6 nitrogen and oxygen atoms in total. The third kappa shape index (κ3) is 5.36. The fourth-order valence-corrected chi connectivity index (χ4v) is 6.25. The summed E-state index contributed by atoms with van der Waals surface area (Å²) in [6.07, 6.45) is 9.49. The minimum absolute atomic E-state index is 0.0158. The third-order valence-electron chi connectivity index (χ3n) is 8.02. The number of nitrogens with zero attached hydrogens (tertiary/aromatic N) is 2. The van der Waals surface area contributed by atoms with E-state index in [1.165, 1.54) is 11.1 Å². The smallest absolute Gasteiger partial charge is 0.337 e. The molecule has 3 aliphatic rings. The molecule has 3 aromatic rings. The Labute approximate surface area is 241 Å². The van der Waals surface area contributed by atoms with Gasteiger partial charge in [0, 0.05) is 29.3 Å². The third-order valence-corrected chi connectivity index (χ3v) is 8.02. The lowest BCUT2D eigenvalue weighted by Crippen LogP contribution is -2.34. The van der Waals surface area contributed by atoms with Crippen molar-refractivity contribution in [2.24, 2.45) is 10.9 Å². The number of carboxylic acids is 1. The van der Waals surface area contributed by atoms with Crippen LogP contribution in [0, 0.1) is 12.8 Å². The van der Waals surface area contributed by atoms with E-state index in [0.717, 1.165) is 58.3 Å². The number of aliphatic carboxylic acids is 1. The van der Waals surface area contributed by atoms with Gasteiger partial charge in [-0.25, -0.2) is 4.79 Å². The van der Waals surface area contributed by atoms with Gasteiger partial charge >= 0.3 is 5.97 Å². The van der Waals surface area contributed by atoms with Crippen LogP contribution in [0.25, 0.3) is 16.5 Å². The highest BCUT2D eigenvalue weighted by molar-refractivity contribution is 5.98. The molecular weight excluding hydrogens is 512 g/mol. The summed E-state index contributed by atoms with van der Waals surface area (Å²) in [5.41, 5.74) is 7.07. The van der Waals surface area contributed by atoms with Crippen molar-refractivity contribution in [3.8, 4) is 0 Å². The lowest BCUT2D eigenvalue weighted by atomic mass is 9.74. The molecule has 2 aliphatic heterocycles. The first-order chi connectivity index (χ1) is 19.7. The second-order valence-corrected chi connectivity index (χ2v) is 12.0. The first-order valence-corrected chi connectivity index (χ1v) is 14.3. The number of carboxylic acid groups (broad SMARTS) is 1. The summed E-state index contributed by atoms with van der Waals surface area (Å²) in [6, 6.07) is 16.4. The summed E-state index contributed by atoms with van der Waals surface area (Å²) in [6.45, 7) is 8.28. The molecule has 2 aromatic carbocycles. The first kappa shape index (κ1) is 27.2. The van der Waals surface area contributed by atoms with Gasteiger partial charge < -0.3 is 14.6 Å². The van der Waals surface area contributed by atoms with E-state index in [4.69, 9.17) is 19.5 Å². The molecular formula is C35H36N2O4. The van der Waals surface area contributed by atoms with E-state index in [-0.39, 0.29) is 12.0 Å². The number of aromatic nitrogens is 1. The minimum Gasteiger partial charge on any atom is -0.497 e. The van der Waals surface area contributed by atoms with Gasteiger partial charge in [0.15, 0.2) is 6.10 Å². The SMILES string of the molecule is Cc1cc2nc(CCc3ccccc3)ccc2c(C2=CC=C3OCCC4=CC=NC2C43)c1[C@H](OC(C)(C)C)C(=O)O. The second-order valence-electron chi connectivity index (χ2n) is 12.0. The van der Waals surface area contributed by atoms with E-state index in [1.54, 1.807) is 0 Å². The molecule has 3 heterocycles. The molecule has 1 saturated heterocycles. The van der Waals surface area contributed by atoms with E-state index in [1.807, 2.05) is 52.1 Å². The number of aryl methyl sites for hydroxylation is 3. The maximum absolute atomic E-state index is 12.8. The van der Waals surface area contributed by atoms with Crippen LogP contribution >= 0.6 is 0 Å². The predicted molar refractivity (Wildman–Crippen MR) is 162 cm³/mol. The molecule has 0 amide bonds. The van der Waals surface area contributed by atoms with Crippen molar-refractivity contribution in [2.75, 3.05) is 6.61 Å². The van der Waals surface area contributed by atoms with Crippen molar-refractivity contribution in [1.82, 2.24) is 4.98 Å². The number of benzene rings is 2. The van der Waals surface area contributed by atoms with E-state index in [9.17, 15) is 9.90 Å². The van der Waals surface area contributed by atoms with Gasteiger partial charge in [0.1, 0.15) is 5.76 Å². The van der Waals surface area contributed by atoms with Crippen LogP contribution in [0.15, 0.2) is 83.1 Å². The van der Waals surface area contributed by atoms with Crippen molar-refractivity contribution in [3.05, 3.63) is 106 Å². The number of hydrogen-bond acceptors (Lipinski definition) is 5. The van der Waals surface area contributed by atoms with Gasteiger partial charge in [-0.3, -0.25) is 9.98 Å². The highest BCUT2D eigenvalue weighted by atomic mass is 16.5. The highest BCUT2D eigenvalue weighted by Crippen LogP contribution is 2.47. The van der Waals surface area contributed by atoms with Crippen molar-refractivity contribution in [1.29, 1.82) is 0 Å². The molecule has 0 saturated carbocycles. The molecule has 210 valence electrons. The summed E-state index contributed by atoms with van der Waals surface area (Å²) >= 11 is 0. The maximum atomic E-state index is 12.8. The normalized spacial score (nSPS) is 20.4. The maximum Gasteiger partial charge on any atom is 0.337 e. The van der Waals surface area contributed by atoms with Crippen molar-refractivity contribution in [3.63, 3.8) is 0 Å². The molecule has 0 radical (unpaired) electrons. The molecule has 1 aromatic heterocycles. The van der Waals surface area contributed by atoms with Crippen molar-refractivity contribution in [2.45, 2.75) is 64.7 Å². The molecule has 2 unspecified atom stereocenters. The average Bonchev–Trinajstić information content (AvgIpc) is 2.95. The molecule has 0 bridgehead atoms. The van der Waals surface area contributed by atoms with Gasteiger partial charge in [0.2, 0.25) is 0 Å². The monoisotopic (exact) mass is 548 g/mol. The molecule has 41 heavy (non-hydrogen) atoms. The zero-order valence-electron chi connectivity index (χ0n) is 24.1. The average molecular weight is 549 g/mol. The zero-order valence-corrected chi connectivity index (χ0v) is 24.1. The first-order valence-electron chi connectivity index (χ1n) is 14.3. The highest BCUT2D eigenvalue weighted by Gasteiger charge is 2.41. The lowest BCUT2D eigenvalue weighted by Gasteiger charge is -2.39. The molecule has 1 N–H and O–H groups in total. The van der Waals surface area contributed by atoms with E-state index in [0.29, 0.717) is 12.2 Å². The Hall–Kier alpha value is -4.03. The summed E-state index contributed by atoms with van der Waals surface area (Å²) in [7, 11) is 0. The lowest BCUT2D eigenvalue weighted by molar-refractivity contribution is -0.160. The van der Waals surface area contributed by atoms with Gasteiger partial charge in [-0.05, 0) is 87.1 Å². The zero-order chi connectivity index (χ0) is 28.7. The fourth-order valence-electron chi connectivity index (χ4n) is 6.25. The van der Waals surface area contributed by atoms with Crippen molar-refractivity contribution < 1.29 is 19.4 Å². The van der Waals surface area contributed by atoms with E-state index in [2.05, 4.69) is 48.6 Å². The minimum atomic E-state index is -1.15. The van der Waals surface area contributed by atoms with Crippen LogP contribution < -0.4 is 0 Å². The van der Waals surface area contributed by atoms with Gasteiger partial charge in [-0.15, -0.1) is 0 Å². The summed E-state index contributed by atoms with van der Waals surface area (Å²) < 4.78 is 12.3. The van der Waals surface area contributed by atoms with Gasteiger partial charge in [-0.1, -0.05) is 48.0 Å². The number of hydrogen-bond donors (Lipinski definition) is 1. The Morgan fingerprint density at radius 2 is 1.90 bits per heavy atom. The number of dihydropyridines is 1. The van der Waals surface area contributed by atoms with Gasteiger partial charge in [0.25, 0.3) is 0 Å². The second kappa shape index (κ2) is 10.7. The Morgan fingerprint density at radius 3 is 2.66 bits per heavy atom. The molecule has 3 atom stereocenters. The number of carbonyl (C=O) groups is 1. The number of fused-ring (bicyclic) bond motifs is 1. The largest absolute Gasteiger partial charge is 0.497 e. The molecule has 6 rings (SSSR count). The fraction of sp³-hybridized carbons (Fsp3) is 0.343. The summed E-state index contributed by atoms with van der Waals surface area (Å²) in [4.78, 5) is 22.8. The number of ether oxygens (including phenoxy) is 2.